The molecule has 0 bridgehead atoms. The van der Waals surface area contributed by atoms with Crippen LogP contribution in [0.4, 0.5) is 4.39 Å². The number of rotatable bonds is 3. The third kappa shape index (κ3) is 3.78. The van der Waals surface area contributed by atoms with Gasteiger partial charge in [0.05, 0.1) is 17.2 Å². The first-order valence-electron chi connectivity index (χ1n) is 10.7. The monoisotopic (exact) mass is 421 g/mol. The molecule has 160 valence electrons. The van der Waals surface area contributed by atoms with Crippen molar-refractivity contribution in [3.63, 3.8) is 0 Å². The minimum absolute atomic E-state index is 0.0141. The second-order valence-electron chi connectivity index (χ2n) is 8.28. The molecule has 5 rings (SSSR count). The second kappa shape index (κ2) is 8.09. The SMILES string of the molecule is O=C(C1CCCN1C(=O)c1ccc(F)cc1)N1CCC(c2nc3ccncc3[nH]2)CC1. The predicted molar refractivity (Wildman–Crippen MR) is 113 cm³/mol. The number of fused-ring (bicyclic) bond motifs is 1. The van der Waals surface area contributed by atoms with Crippen LogP contribution in [-0.2, 0) is 4.79 Å². The zero-order valence-electron chi connectivity index (χ0n) is 17.1. The van der Waals surface area contributed by atoms with Crippen molar-refractivity contribution >= 4 is 22.8 Å². The maximum absolute atomic E-state index is 13.2. The van der Waals surface area contributed by atoms with Crippen LogP contribution in [0.2, 0.25) is 0 Å². The molecule has 1 N–H and O–H groups in total. The zero-order chi connectivity index (χ0) is 21.4. The smallest absolute Gasteiger partial charge is 0.254 e. The fraction of sp³-hybridized carbons (Fsp3) is 0.391. The molecule has 7 nitrogen and oxygen atoms in total. The lowest BCUT2D eigenvalue weighted by molar-refractivity contribution is -0.136. The van der Waals surface area contributed by atoms with Gasteiger partial charge in [-0.2, -0.15) is 0 Å². The Morgan fingerprint density at radius 3 is 2.55 bits per heavy atom. The van der Waals surface area contributed by atoms with Gasteiger partial charge in [-0.3, -0.25) is 14.6 Å². The quantitative estimate of drug-likeness (QED) is 0.705. The molecule has 0 spiro atoms. The van der Waals surface area contributed by atoms with Gasteiger partial charge in [0.25, 0.3) is 5.91 Å². The van der Waals surface area contributed by atoms with E-state index in [4.69, 9.17) is 0 Å². The molecule has 31 heavy (non-hydrogen) atoms. The molecule has 2 saturated heterocycles. The number of nitrogens with zero attached hydrogens (tertiary/aromatic N) is 4. The van der Waals surface area contributed by atoms with Crippen LogP contribution in [-0.4, -0.2) is 62.2 Å². The second-order valence-corrected chi connectivity index (χ2v) is 8.28. The average molecular weight is 421 g/mol. The number of piperidine rings is 1. The van der Waals surface area contributed by atoms with Gasteiger partial charge in [0.2, 0.25) is 5.91 Å². The number of hydrogen-bond acceptors (Lipinski definition) is 4. The van der Waals surface area contributed by atoms with E-state index in [9.17, 15) is 14.0 Å². The van der Waals surface area contributed by atoms with Crippen LogP contribution in [0.5, 0.6) is 0 Å². The summed E-state index contributed by atoms with van der Waals surface area (Å²) in [5.41, 5.74) is 2.25. The minimum Gasteiger partial charge on any atom is -0.341 e. The Hall–Kier alpha value is -3.29. The number of carbonyl (C=O) groups is 2. The third-order valence-electron chi connectivity index (χ3n) is 6.38. The van der Waals surface area contributed by atoms with Gasteiger partial charge in [-0.05, 0) is 56.0 Å². The van der Waals surface area contributed by atoms with Gasteiger partial charge in [0.15, 0.2) is 0 Å². The average Bonchev–Trinajstić information content (AvgIpc) is 3.46. The number of hydrogen-bond donors (Lipinski definition) is 1. The third-order valence-corrected chi connectivity index (χ3v) is 6.38. The highest BCUT2D eigenvalue weighted by Crippen LogP contribution is 2.29. The number of carbonyl (C=O) groups excluding carboxylic acids is 2. The molecule has 2 aliphatic rings. The molecule has 2 fully saturated rings. The van der Waals surface area contributed by atoms with Crippen molar-refractivity contribution < 1.29 is 14.0 Å². The Morgan fingerprint density at radius 2 is 1.81 bits per heavy atom. The Kier molecular flexibility index (Phi) is 5.13. The maximum Gasteiger partial charge on any atom is 0.254 e. The topological polar surface area (TPSA) is 82.2 Å². The fourth-order valence-electron chi connectivity index (χ4n) is 4.68. The van der Waals surface area contributed by atoms with E-state index in [1.165, 1.54) is 24.3 Å². The number of likely N-dealkylation sites (tertiary alicyclic amines) is 2. The van der Waals surface area contributed by atoms with Crippen LogP contribution in [0.1, 0.15) is 47.8 Å². The highest BCUT2D eigenvalue weighted by Gasteiger charge is 2.38. The van der Waals surface area contributed by atoms with Gasteiger partial charge < -0.3 is 14.8 Å². The summed E-state index contributed by atoms with van der Waals surface area (Å²) >= 11 is 0. The summed E-state index contributed by atoms with van der Waals surface area (Å²) in [4.78, 5) is 41.8. The molecule has 2 aromatic heterocycles. The summed E-state index contributed by atoms with van der Waals surface area (Å²) < 4.78 is 13.2. The van der Waals surface area contributed by atoms with Crippen LogP contribution in [0.15, 0.2) is 42.7 Å². The molecule has 3 aromatic rings. The van der Waals surface area contributed by atoms with Crippen molar-refractivity contribution in [2.45, 2.75) is 37.6 Å². The van der Waals surface area contributed by atoms with Crippen LogP contribution < -0.4 is 0 Å². The largest absolute Gasteiger partial charge is 0.341 e. The molecule has 0 radical (unpaired) electrons. The summed E-state index contributed by atoms with van der Waals surface area (Å²) in [6, 6.07) is 6.96. The normalized spacial score (nSPS) is 19.8. The Labute approximate surface area is 179 Å². The summed E-state index contributed by atoms with van der Waals surface area (Å²) in [5.74, 6) is 0.650. The first-order chi connectivity index (χ1) is 15.1. The fourth-order valence-corrected chi connectivity index (χ4v) is 4.68. The number of halogens is 1. The number of benzene rings is 1. The van der Waals surface area contributed by atoms with Gasteiger partial charge in [0, 0.05) is 37.3 Å². The number of aromatic amines is 1. The number of nitrogens with one attached hydrogen (secondary N) is 1. The molecule has 0 saturated carbocycles. The van der Waals surface area contributed by atoms with Crippen molar-refractivity contribution in [2.75, 3.05) is 19.6 Å². The van der Waals surface area contributed by atoms with E-state index in [2.05, 4.69) is 15.0 Å². The van der Waals surface area contributed by atoms with Crippen LogP contribution in [0.3, 0.4) is 0 Å². The van der Waals surface area contributed by atoms with Crippen molar-refractivity contribution in [3.05, 3.63) is 59.9 Å². The number of amides is 2. The van der Waals surface area contributed by atoms with E-state index in [0.717, 1.165) is 36.1 Å². The lowest BCUT2D eigenvalue weighted by Gasteiger charge is -2.35. The minimum atomic E-state index is -0.439. The number of H-pyrrole nitrogens is 1. The van der Waals surface area contributed by atoms with E-state index >= 15 is 0 Å². The summed E-state index contributed by atoms with van der Waals surface area (Å²) in [6.45, 7) is 1.85. The standard InChI is InChI=1S/C23H24FN5O2/c24-17-5-3-16(4-6-17)22(30)29-11-1-2-20(29)23(31)28-12-8-15(9-13-28)21-26-18-7-10-25-14-19(18)27-21/h3-7,10,14-15,20H,1-2,8-9,11-13H2,(H,26,27). The van der Waals surface area contributed by atoms with Crippen molar-refractivity contribution in [1.82, 2.24) is 24.8 Å². The molecule has 2 aliphatic heterocycles. The van der Waals surface area contributed by atoms with Crippen molar-refractivity contribution in [3.8, 4) is 0 Å². The molecular formula is C23H24FN5O2. The number of imidazole rings is 1. The van der Waals surface area contributed by atoms with E-state index in [1.807, 2.05) is 11.0 Å². The zero-order valence-corrected chi connectivity index (χ0v) is 17.1. The molecule has 4 heterocycles. The van der Waals surface area contributed by atoms with Gasteiger partial charge in [-0.15, -0.1) is 0 Å². The summed E-state index contributed by atoms with van der Waals surface area (Å²) in [7, 11) is 0. The predicted octanol–water partition coefficient (Wildman–Crippen LogP) is 3.11. The van der Waals surface area contributed by atoms with Gasteiger partial charge >= 0.3 is 0 Å². The van der Waals surface area contributed by atoms with E-state index in [-0.39, 0.29) is 23.5 Å². The van der Waals surface area contributed by atoms with Gasteiger partial charge in [0.1, 0.15) is 17.7 Å². The number of pyridine rings is 1. The van der Waals surface area contributed by atoms with E-state index in [0.29, 0.717) is 31.6 Å². The van der Waals surface area contributed by atoms with Crippen molar-refractivity contribution in [2.24, 2.45) is 0 Å². The Balaban J connectivity index is 1.24. The molecule has 2 amide bonds. The first-order valence-corrected chi connectivity index (χ1v) is 10.7. The van der Waals surface area contributed by atoms with Gasteiger partial charge in [-0.1, -0.05) is 0 Å². The highest BCUT2D eigenvalue weighted by atomic mass is 19.1. The summed E-state index contributed by atoms with van der Waals surface area (Å²) in [6.07, 6.45) is 6.64. The number of aromatic nitrogens is 3. The van der Waals surface area contributed by atoms with Gasteiger partial charge in [-0.25, -0.2) is 9.37 Å². The molecule has 1 unspecified atom stereocenters. The maximum atomic E-state index is 13.2. The summed E-state index contributed by atoms with van der Waals surface area (Å²) in [5, 5.41) is 0. The van der Waals surface area contributed by atoms with E-state index in [1.54, 1.807) is 17.3 Å². The van der Waals surface area contributed by atoms with Crippen LogP contribution in [0.25, 0.3) is 11.0 Å². The molecule has 1 atom stereocenters. The van der Waals surface area contributed by atoms with E-state index < -0.39 is 6.04 Å². The molecule has 8 heteroatoms. The highest BCUT2D eigenvalue weighted by molar-refractivity contribution is 5.98. The Morgan fingerprint density at radius 1 is 1.03 bits per heavy atom. The lowest BCUT2D eigenvalue weighted by atomic mass is 9.95. The van der Waals surface area contributed by atoms with Crippen LogP contribution in [0, 0.1) is 5.82 Å². The molecular weight excluding hydrogens is 397 g/mol. The van der Waals surface area contributed by atoms with Crippen LogP contribution >= 0.6 is 0 Å². The van der Waals surface area contributed by atoms with Crippen molar-refractivity contribution in [1.29, 1.82) is 0 Å². The molecule has 0 aliphatic carbocycles. The lowest BCUT2D eigenvalue weighted by Crippen LogP contribution is -2.49. The molecule has 1 aromatic carbocycles. The Bertz CT molecular complexity index is 1070. The first kappa shape index (κ1) is 19.7.